The fourth-order valence-electron chi connectivity index (χ4n) is 2.39. The predicted molar refractivity (Wildman–Crippen MR) is 70.5 cm³/mol. The van der Waals surface area contributed by atoms with Crippen LogP contribution in [0.1, 0.15) is 36.5 Å². The molecule has 2 aromatic heterocycles. The summed E-state index contributed by atoms with van der Waals surface area (Å²) in [5.74, 6) is 0.806. The first kappa shape index (κ1) is 10.3. The average Bonchev–Trinajstić information content (AvgIpc) is 2.97. The van der Waals surface area contributed by atoms with Crippen molar-refractivity contribution in [3.8, 4) is 10.6 Å². The fourth-order valence-corrected chi connectivity index (χ4v) is 3.71. The van der Waals surface area contributed by atoms with Crippen LogP contribution in [0.2, 0.25) is 0 Å². The molecule has 0 atom stereocenters. The van der Waals surface area contributed by atoms with Gasteiger partial charge >= 0.3 is 0 Å². The molecule has 0 aromatic carbocycles. The molecule has 4 heteroatoms. The van der Waals surface area contributed by atoms with E-state index in [9.17, 15) is 0 Å². The molecule has 0 amide bonds. The van der Waals surface area contributed by atoms with Gasteiger partial charge < -0.3 is 9.97 Å². The molecule has 1 fully saturated rings. The smallest absolute Gasteiger partial charge is 0.174 e. The maximum absolute atomic E-state index is 5.04. The number of rotatable bonds is 2. The van der Waals surface area contributed by atoms with Gasteiger partial charge in [0.1, 0.15) is 0 Å². The summed E-state index contributed by atoms with van der Waals surface area (Å²) in [4.78, 5) is 9.00. The van der Waals surface area contributed by atoms with Crippen LogP contribution in [0.3, 0.4) is 0 Å². The third-order valence-electron chi connectivity index (χ3n) is 3.25. The van der Waals surface area contributed by atoms with Crippen molar-refractivity contribution in [2.45, 2.75) is 31.6 Å². The van der Waals surface area contributed by atoms with Crippen molar-refractivity contribution < 1.29 is 0 Å². The Labute approximate surface area is 104 Å². The molecule has 0 bridgehead atoms. The van der Waals surface area contributed by atoms with Gasteiger partial charge in [-0.3, -0.25) is 0 Å². The van der Waals surface area contributed by atoms with Gasteiger partial charge in [0.05, 0.1) is 10.6 Å². The highest BCUT2D eigenvalue weighted by atomic mass is 32.1. The molecule has 2 N–H and O–H groups in total. The molecule has 1 aliphatic carbocycles. The maximum Gasteiger partial charge on any atom is 0.174 e. The molecule has 0 spiro atoms. The van der Waals surface area contributed by atoms with Gasteiger partial charge in [-0.15, -0.1) is 11.3 Å². The third kappa shape index (κ3) is 1.87. The first-order chi connectivity index (χ1) is 7.83. The molecule has 1 aliphatic rings. The van der Waals surface area contributed by atoms with Gasteiger partial charge in [0.25, 0.3) is 0 Å². The molecule has 2 heterocycles. The average molecular weight is 250 g/mol. The lowest BCUT2D eigenvalue weighted by Gasteiger charge is -2.03. The molecule has 0 unspecified atom stereocenters. The number of H-pyrrole nitrogens is 2. The van der Waals surface area contributed by atoms with Gasteiger partial charge in [0.2, 0.25) is 0 Å². The van der Waals surface area contributed by atoms with Crippen molar-refractivity contribution in [2.24, 2.45) is 0 Å². The van der Waals surface area contributed by atoms with Crippen molar-refractivity contribution in [3.63, 3.8) is 0 Å². The van der Waals surface area contributed by atoms with Crippen LogP contribution >= 0.6 is 23.6 Å². The molecule has 0 aliphatic heterocycles. The molecule has 16 heavy (non-hydrogen) atoms. The highest BCUT2D eigenvalue weighted by Crippen LogP contribution is 2.39. The van der Waals surface area contributed by atoms with Gasteiger partial charge in [0.15, 0.2) is 4.77 Å². The molecule has 2 aromatic rings. The van der Waals surface area contributed by atoms with Crippen LogP contribution in [-0.2, 0) is 0 Å². The van der Waals surface area contributed by atoms with E-state index in [2.05, 4.69) is 22.1 Å². The van der Waals surface area contributed by atoms with E-state index in [0.29, 0.717) is 4.77 Å². The minimum absolute atomic E-state index is 0.700. The second-order valence-electron chi connectivity index (χ2n) is 4.34. The Morgan fingerprint density at radius 1 is 1.25 bits per heavy atom. The molecule has 0 radical (unpaired) electrons. The van der Waals surface area contributed by atoms with Gasteiger partial charge in [-0.25, -0.2) is 0 Å². The van der Waals surface area contributed by atoms with Crippen molar-refractivity contribution in [1.82, 2.24) is 9.97 Å². The summed E-state index contributed by atoms with van der Waals surface area (Å²) in [5, 5.41) is 0. The van der Waals surface area contributed by atoms with Gasteiger partial charge in [-0.05, 0) is 43.1 Å². The Balaban J connectivity index is 1.89. The van der Waals surface area contributed by atoms with Crippen molar-refractivity contribution in [1.29, 1.82) is 0 Å². The van der Waals surface area contributed by atoms with Crippen LogP contribution in [0.15, 0.2) is 18.3 Å². The van der Waals surface area contributed by atoms with E-state index >= 15 is 0 Å². The molecule has 3 rings (SSSR count). The summed E-state index contributed by atoms with van der Waals surface area (Å²) in [6.07, 6.45) is 7.47. The van der Waals surface area contributed by atoms with Gasteiger partial charge in [-0.1, -0.05) is 12.8 Å². The summed E-state index contributed by atoms with van der Waals surface area (Å²) in [5.41, 5.74) is 1.11. The summed E-state index contributed by atoms with van der Waals surface area (Å²) in [6.45, 7) is 0. The van der Waals surface area contributed by atoms with E-state index in [1.54, 1.807) is 0 Å². The summed E-state index contributed by atoms with van der Waals surface area (Å²) >= 11 is 6.94. The Morgan fingerprint density at radius 2 is 2.06 bits per heavy atom. The number of hydrogen-bond donors (Lipinski definition) is 2. The van der Waals surface area contributed by atoms with Gasteiger partial charge in [-0.2, -0.15) is 0 Å². The highest BCUT2D eigenvalue weighted by molar-refractivity contribution is 7.71. The number of aromatic amines is 2. The lowest BCUT2D eigenvalue weighted by Crippen LogP contribution is -1.85. The Kier molecular flexibility index (Phi) is 2.69. The molecule has 1 saturated carbocycles. The van der Waals surface area contributed by atoms with Crippen LogP contribution in [0, 0.1) is 4.77 Å². The van der Waals surface area contributed by atoms with Crippen LogP contribution in [-0.4, -0.2) is 9.97 Å². The predicted octanol–water partition coefficient (Wildman–Crippen LogP) is 4.46. The maximum atomic E-state index is 5.04. The summed E-state index contributed by atoms with van der Waals surface area (Å²) in [6, 6.07) is 4.48. The van der Waals surface area contributed by atoms with Crippen molar-refractivity contribution in [2.75, 3.05) is 0 Å². The van der Waals surface area contributed by atoms with E-state index < -0.39 is 0 Å². The second-order valence-corrected chi connectivity index (χ2v) is 5.86. The zero-order chi connectivity index (χ0) is 11.0. The molecular weight excluding hydrogens is 236 g/mol. The lowest BCUT2D eigenvalue weighted by molar-refractivity contribution is 0.738. The van der Waals surface area contributed by atoms with Crippen LogP contribution < -0.4 is 0 Å². The SMILES string of the molecule is S=c1[nH]cc(-c2ccc(C3CCCC3)s2)[nH]1. The number of nitrogens with one attached hydrogen (secondary N) is 2. The van der Waals surface area contributed by atoms with E-state index in [4.69, 9.17) is 12.2 Å². The number of imidazole rings is 1. The van der Waals surface area contributed by atoms with Crippen LogP contribution in [0.4, 0.5) is 0 Å². The van der Waals surface area contributed by atoms with E-state index in [1.165, 1.54) is 35.4 Å². The third-order valence-corrected chi connectivity index (χ3v) is 4.75. The molecule has 0 saturated heterocycles. The van der Waals surface area contributed by atoms with Crippen molar-refractivity contribution in [3.05, 3.63) is 28.0 Å². The first-order valence-electron chi connectivity index (χ1n) is 5.71. The largest absolute Gasteiger partial charge is 0.337 e. The number of hydrogen-bond acceptors (Lipinski definition) is 2. The summed E-state index contributed by atoms with van der Waals surface area (Å²) in [7, 11) is 0. The Hall–Kier alpha value is -0.870. The van der Waals surface area contributed by atoms with Crippen LogP contribution in [0.5, 0.6) is 0 Å². The first-order valence-corrected chi connectivity index (χ1v) is 6.93. The van der Waals surface area contributed by atoms with Crippen molar-refractivity contribution >= 4 is 23.6 Å². The van der Waals surface area contributed by atoms with Gasteiger partial charge in [0, 0.05) is 11.1 Å². The van der Waals surface area contributed by atoms with E-state index in [-0.39, 0.29) is 0 Å². The number of aromatic nitrogens is 2. The Morgan fingerprint density at radius 3 is 2.75 bits per heavy atom. The van der Waals surface area contributed by atoms with E-state index in [0.717, 1.165) is 11.6 Å². The Bertz CT molecular complexity index is 529. The van der Waals surface area contributed by atoms with Crippen LogP contribution in [0.25, 0.3) is 10.6 Å². The minimum atomic E-state index is 0.700. The second kappa shape index (κ2) is 4.18. The quantitative estimate of drug-likeness (QED) is 0.758. The normalized spacial score (nSPS) is 17.0. The minimum Gasteiger partial charge on any atom is -0.337 e. The molecular formula is C12H14N2S2. The molecule has 2 nitrogen and oxygen atoms in total. The topological polar surface area (TPSA) is 31.6 Å². The highest BCUT2D eigenvalue weighted by Gasteiger charge is 2.19. The lowest BCUT2D eigenvalue weighted by atomic mass is 10.1. The molecule has 84 valence electrons. The summed E-state index contributed by atoms with van der Waals surface area (Å²) < 4.78 is 0.700. The zero-order valence-corrected chi connectivity index (χ0v) is 10.6. The zero-order valence-electron chi connectivity index (χ0n) is 8.95. The monoisotopic (exact) mass is 250 g/mol. The number of thiophene rings is 1. The van der Waals surface area contributed by atoms with E-state index in [1.807, 2.05) is 17.5 Å². The fraction of sp³-hybridized carbons (Fsp3) is 0.417. The standard InChI is InChI=1S/C12H14N2S2/c15-12-13-7-9(14-12)11-6-5-10(16-11)8-3-1-2-4-8/h5-8H,1-4H2,(H2,13,14,15).